The number of Topliss-reactive ketones (excluding diaryl/α,β-unsaturated/α-hetero) is 1. The van der Waals surface area contributed by atoms with Gasteiger partial charge in [-0.25, -0.2) is 8.91 Å². The first kappa shape index (κ1) is 24.1. The number of ketones is 1. The average molecular weight is 509 g/mol. The topological polar surface area (TPSA) is 50.1 Å². The van der Waals surface area contributed by atoms with Gasteiger partial charge >= 0.3 is 0 Å². The molecule has 8 atom stereocenters. The number of nitrogens with zero attached hydrogens (tertiary/aromatic N) is 4. The van der Waals surface area contributed by atoms with Gasteiger partial charge in [0.05, 0.1) is 17.8 Å². The molecule has 2 aromatic heterocycles. The fraction of sp³-hybridized carbons (Fsp3) is 0.733. The van der Waals surface area contributed by atoms with Crippen LogP contribution in [0.4, 0.5) is 10.1 Å². The van der Waals surface area contributed by atoms with E-state index in [4.69, 9.17) is 4.74 Å². The highest BCUT2D eigenvalue weighted by molar-refractivity contribution is 5.86. The van der Waals surface area contributed by atoms with Crippen LogP contribution in [-0.2, 0) is 9.53 Å². The lowest BCUT2D eigenvalue weighted by Gasteiger charge is -2.56. The van der Waals surface area contributed by atoms with Gasteiger partial charge < -0.3 is 9.64 Å². The average Bonchev–Trinajstić information content (AvgIpc) is 3.27. The largest absolute Gasteiger partial charge is 0.381 e. The summed E-state index contributed by atoms with van der Waals surface area (Å²) in [4.78, 5) is 19.1. The highest BCUT2D eigenvalue weighted by atomic mass is 19.1. The number of piperazine rings is 1. The Bertz CT molecular complexity index is 1180. The smallest absolute Gasteiger partial charge is 0.141 e. The lowest BCUT2D eigenvalue weighted by atomic mass is 9.63. The molecule has 6 unspecified atom stereocenters. The third kappa shape index (κ3) is 3.78. The number of ether oxygens (including phenoxy) is 1. The quantitative estimate of drug-likeness (QED) is 0.578. The number of rotatable bonds is 5. The van der Waals surface area contributed by atoms with E-state index in [1.807, 2.05) is 10.7 Å². The number of carbonyl (C=O) groups is 1. The molecule has 5 fully saturated rings. The van der Waals surface area contributed by atoms with Gasteiger partial charge in [-0.3, -0.25) is 9.69 Å². The number of hydrogen-bond donors (Lipinski definition) is 0. The van der Waals surface area contributed by atoms with E-state index < -0.39 is 6.17 Å². The van der Waals surface area contributed by atoms with E-state index >= 15 is 0 Å². The Morgan fingerprint density at radius 1 is 1.16 bits per heavy atom. The van der Waals surface area contributed by atoms with Crippen LogP contribution in [0.5, 0.6) is 0 Å². The van der Waals surface area contributed by atoms with Gasteiger partial charge in [-0.2, -0.15) is 5.10 Å². The van der Waals surface area contributed by atoms with Gasteiger partial charge in [0.15, 0.2) is 0 Å². The van der Waals surface area contributed by atoms with Crippen molar-refractivity contribution >= 4 is 17.0 Å². The summed E-state index contributed by atoms with van der Waals surface area (Å²) >= 11 is 0. The zero-order valence-electron chi connectivity index (χ0n) is 22.5. The number of hydrogen-bond acceptors (Lipinski definition) is 5. The van der Waals surface area contributed by atoms with Crippen LogP contribution in [0.25, 0.3) is 5.52 Å². The monoisotopic (exact) mass is 508 g/mol. The van der Waals surface area contributed by atoms with Crippen molar-refractivity contribution in [1.82, 2.24) is 14.5 Å². The molecule has 200 valence electrons. The number of alkyl halides is 1. The number of halogens is 1. The van der Waals surface area contributed by atoms with Gasteiger partial charge in [-0.05, 0) is 69.1 Å². The van der Waals surface area contributed by atoms with Crippen molar-refractivity contribution in [3.8, 4) is 0 Å². The van der Waals surface area contributed by atoms with Gasteiger partial charge in [-0.15, -0.1) is 0 Å². The van der Waals surface area contributed by atoms with E-state index in [9.17, 15) is 9.18 Å². The minimum atomic E-state index is -0.794. The molecule has 3 saturated heterocycles. The van der Waals surface area contributed by atoms with Gasteiger partial charge in [0.25, 0.3) is 0 Å². The first-order valence-corrected chi connectivity index (χ1v) is 14.6. The zero-order valence-corrected chi connectivity index (χ0v) is 22.5. The molecule has 0 amide bonds. The van der Waals surface area contributed by atoms with Crippen molar-refractivity contribution in [3.05, 3.63) is 30.1 Å². The summed E-state index contributed by atoms with van der Waals surface area (Å²) in [6.45, 7) is 10.2. The fourth-order valence-corrected chi connectivity index (χ4v) is 8.67. The van der Waals surface area contributed by atoms with Crippen LogP contribution < -0.4 is 4.90 Å². The molecular formula is C30H41FN4O2. The van der Waals surface area contributed by atoms with E-state index in [1.54, 1.807) is 0 Å². The van der Waals surface area contributed by atoms with Gasteiger partial charge in [-0.1, -0.05) is 13.8 Å². The molecule has 2 aliphatic carbocycles. The molecule has 2 aromatic rings. The first-order valence-electron chi connectivity index (χ1n) is 14.6. The Balaban J connectivity index is 1.17. The maximum absolute atomic E-state index is 14.5. The summed E-state index contributed by atoms with van der Waals surface area (Å²) in [5, 5.41) is 4.62. The molecular weight excluding hydrogens is 467 g/mol. The Labute approximate surface area is 219 Å². The molecule has 0 N–H and O–H groups in total. The Hall–Kier alpha value is -1.99. The molecule has 7 heteroatoms. The lowest BCUT2D eigenvalue weighted by molar-refractivity contribution is -0.144. The Kier molecular flexibility index (Phi) is 5.71. The van der Waals surface area contributed by atoms with Gasteiger partial charge in [0.2, 0.25) is 0 Å². The minimum absolute atomic E-state index is 0.0741. The lowest BCUT2D eigenvalue weighted by Crippen LogP contribution is -2.67. The standard InChI is InChI=1S/C30H41FN4O2/c1-18(2)23-6-9-30(3,28(29(23)36)24-13-25(24)31)35-21-4-5-22(35)16-33(15-21)26-7-10-32-34-14-20(12-27(26)34)19-8-11-37-17-19/h7,10,12,14,18-19,21-25,28H,4-6,8-9,11,13,15-17H2,1-3H3/t19?,21?,22?,23?,24-,25-,28?,30?/m1/s1. The van der Waals surface area contributed by atoms with Crippen molar-refractivity contribution in [2.45, 2.75) is 89.0 Å². The Morgan fingerprint density at radius 2 is 1.92 bits per heavy atom. The summed E-state index contributed by atoms with van der Waals surface area (Å²) in [7, 11) is 0. The van der Waals surface area contributed by atoms with E-state index in [-0.39, 0.29) is 23.3 Å². The second-order valence-corrected chi connectivity index (χ2v) is 13.1. The highest BCUT2D eigenvalue weighted by Crippen LogP contribution is 2.55. The molecule has 0 spiro atoms. The number of aromatic nitrogens is 2. The predicted octanol–water partition coefficient (Wildman–Crippen LogP) is 4.86. The van der Waals surface area contributed by atoms with Crippen molar-refractivity contribution < 1.29 is 13.9 Å². The molecule has 37 heavy (non-hydrogen) atoms. The molecule has 2 saturated carbocycles. The predicted molar refractivity (Wildman–Crippen MR) is 142 cm³/mol. The van der Waals surface area contributed by atoms with Crippen LogP contribution in [0, 0.1) is 23.7 Å². The molecule has 5 heterocycles. The summed E-state index contributed by atoms with van der Waals surface area (Å²) in [6.07, 6.45) is 9.21. The number of anilines is 1. The van der Waals surface area contributed by atoms with Crippen molar-refractivity contribution in [3.63, 3.8) is 0 Å². The van der Waals surface area contributed by atoms with Crippen LogP contribution in [-0.4, -0.2) is 70.4 Å². The Morgan fingerprint density at radius 3 is 2.57 bits per heavy atom. The van der Waals surface area contributed by atoms with Crippen LogP contribution >= 0.6 is 0 Å². The second kappa shape index (κ2) is 8.77. The first-order chi connectivity index (χ1) is 17.8. The van der Waals surface area contributed by atoms with Crippen LogP contribution in [0.1, 0.15) is 70.8 Å². The SMILES string of the molecule is CC(C)C1CCC(C)(N2C3CCC2CN(c2ccnn4cc(C5CCOC5)cc24)C3)C([C@@H]2C[C@H]2F)C1=O. The summed E-state index contributed by atoms with van der Waals surface area (Å²) < 4.78 is 22.2. The van der Waals surface area contributed by atoms with Crippen molar-refractivity contribution in [2.24, 2.45) is 23.7 Å². The molecule has 3 aliphatic heterocycles. The molecule has 0 aromatic carbocycles. The zero-order chi connectivity index (χ0) is 25.5. The third-order valence-electron chi connectivity index (χ3n) is 10.6. The minimum Gasteiger partial charge on any atom is -0.381 e. The molecule has 7 rings (SSSR count). The molecule has 2 bridgehead atoms. The second-order valence-electron chi connectivity index (χ2n) is 13.1. The third-order valence-corrected chi connectivity index (χ3v) is 10.6. The summed E-state index contributed by atoms with van der Waals surface area (Å²) in [5.41, 5.74) is 3.51. The highest BCUT2D eigenvalue weighted by Gasteiger charge is 2.62. The maximum Gasteiger partial charge on any atom is 0.141 e. The molecule has 5 aliphatic rings. The van der Waals surface area contributed by atoms with Crippen molar-refractivity contribution in [2.75, 3.05) is 31.2 Å². The van der Waals surface area contributed by atoms with Crippen LogP contribution in [0.3, 0.4) is 0 Å². The van der Waals surface area contributed by atoms with Crippen LogP contribution in [0.15, 0.2) is 24.5 Å². The van der Waals surface area contributed by atoms with E-state index in [0.29, 0.717) is 36.1 Å². The normalized spacial score (nSPS) is 40.3. The van der Waals surface area contributed by atoms with E-state index in [1.165, 1.54) is 16.8 Å². The maximum atomic E-state index is 14.5. The number of carbonyl (C=O) groups excluding carboxylic acids is 1. The van der Waals surface area contributed by atoms with Gasteiger partial charge in [0, 0.05) is 73.4 Å². The van der Waals surface area contributed by atoms with Gasteiger partial charge in [0.1, 0.15) is 12.0 Å². The number of fused-ring (bicyclic) bond motifs is 3. The molecule has 6 nitrogen and oxygen atoms in total. The summed E-state index contributed by atoms with van der Waals surface area (Å²) in [5.74, 6) is 0.996. The molecule has 0 radical (unpaired) electrons. The van der Waals surface area contributed by atoms with Crippen LogP contribution in [0.2, 0.25) is 0 Å². The van der Waals surface area contributed by atoms with E-state index in [2.05, 4.69) is 54.0 Å². The summed E-state index contributed by atoms with van der Waals surface area (Å²) in [6, 6.07) is 5.28. The van der Waals surface area contributed by atoms with E-state index in [0.717, 1.165) is 58.4 Å². The fourth-order valence-electron chi connectivity index (χ4n) is 8.67. The van der Waals surface area contributed by atoms with Crippen molar-refractivity contribution in [1.29, 1.82) is 0 Å².